The fourth-order valence-corrected chi connectivity index (χ4v) is 2.24. The van der Waals surface area contributed by atoms with Crippen molar-refractivity contribution in [3.8, 4) is 5.75 Å². The lowest BCUT2D eigenvalue weighted by Crippen LogP contribution is -2.36. The van der Waals surface area contributed by atoms with Gasteiger partial charge in [0.1, 0.15) is 17.7 Å². The highest BCUT2D eigenvalue weighted by Crippen LogP contribution is 2.29. The Morgan fingerprint density at radius 3 is 2.65 bits per heavy atom. The first-order valence-corrected chi connectivity index (χ1v) is 5.95. The third-order valence-corrected chi connectivity index (χ3v) is 3.20. The molecule has 1 aromatic carbocycles. The zero-order valence-electron chi connectivity index (χ0n) is 9.99. The van der Waals surface area contributed by atoms with Crippen LogP contribution in [-0.2, 0) is 4.74 Å². The van der Waals surface area contributed by atoms with Crippen LogP contribution in [0.15, 0.2) is 18.2 Å². The van der Waals surface area contributed by atoms with Gasteiger partial charge in [0.15, 0.2) is 0 Å². The average molecular weight is 239 g/mol. The number of hydrogen-bond acceptors (Lipinski definition) is 3. The van der Waals surface area contributed by atoms with Crippen LogP contribution in [0.3, 0.4) is 0 Å². The topological polar surface area (TPSA) is 44.5 Å². The van der Waals surface area contributed by atoms with E-state index in [0.29, 0.717) is 11.4 Å². The molecule has 0 amide bonds. The van der Waals surface area contributed by atoms with Gasteiger partial charge in [-0.05, 0) is 31.4 Å². The van der Waals surface area contributed by atoms with Gasteiger partial charge in [-0.25, -0.2) is 4.39 Å². The SMILES string of the molecule is COC1CCCC[C@@H]1Oc1cc(F)ccc1N. The molecule has 0 saturated heterocycles. The molecule has 0 bridgehead atoms. The zero-order valence-corrected chi connectivity index (χ0v) is 9.99. The molecule has 1 saturated carbocycles. The smallest absolute Gasteiger partial charge is 0.145 e. The molecule has 2 atom stereocenters. The molecule has 94 valence electrons. The number of halogens is 1. The first-order valence-electron chi connectivity index (χ1n) is 5.95. The Labute approximate surface area is 101 Å². The molecule has 0 spiro atoms. The standard InChI is InChI=1S/C13H18FNO2/c1-16-11-4-2-3-5-12(11)17-13-8-9(14)6-7-10(13)15/h6-8,11-12H,2-5,15H2,1H3/t11?,12-/m0/s1. The maximum atomic E-state index is 13.1. The molecular formula is C13H18FNO2. The molecule has 1 aromatic rings. The Morgan fingerprint density at radius 1 is 1.24 bits per heavy atom. The van der Waals surface area contributed by atoms with Gasteiger partial charge < -0.3 is 15.2 Å². The van der Waals surface area contributed by atoms with Gasteiger partial charge in [-0.2, -0.15) is 0 Å². The van der Waals surface area contributed by atoms with Crippen molar-refractivity contribution in [2.24, 2.45) is 0 Å². The van der Waals surface area contributed by atoms with Gasteiger partial charge in [-0.15, -0.1) is 0 Å². The summed E-state index contributed by atoms with van der Waals surface area (Å²) in [5.74, 6) is 0.0814. The van der Waals surface area contributed by atoms with E-state index in [9.17, 15) is 4.39 Å². The first kappa shape index (κ1) is 12.2. The van der Waals surface area contributed by atoms with Gasteiger partial charge in [-0.1, -0.05) is 6.42 Å². The summed E-state index contributed by atoms with van der Waals surface area (Å²) in [4.78, 5) is 0. The van der Waals surface area contributed by atoms with E-state index in [1.807, 2.05) is 0 Å². The Bertz CT molecular complexity index is 384. The van der Waals surface area contributed by atoms with Gasteiger partial charge in [-0.3, -0.25) is 0 Å². The predicted molar refractivity (Wildman–Crippen MR) is 64.5 cm³/mol. The van der Waals surface area contributed by atoms with Gasteiger partial charge in [0.05, 0.1) is 11.8 Å². The van der Waals surface area contributed by atoms with Crippen molar-refractivity contribution in [3.05, 3.63) is 24.0 Å². The molecule has 17 heavy (non-hydrogen) atoms. The molecule has 1 unspecified atom stereocenters. The van der Waals surface area contributed by atoms with Gasteiger partial charge in [0, 0.05) is 13.2 Å². The molecule has 2 rings (SSSR count). The average Bonchev–Trinajstić information content (AvgIpc) is 2.34. The summed E-state index contributed by atoms with van der Waals surface area (Å²) in [7, 11) is 1.68. The number of benzene rings is 1. The molecule has 2 N–H and O–H groups in total. The van der Waals surface area contributed by atoms with E-state index in [2.05, 4.69) is 0 Å². The number of hydrogen-bond donors (Lipinski definition) is 1. The molecular weight excluding hydrogens is 221 g/mol. The van der Waals surface area contributed by atoms with Gasteiger partial charge >= 0.3 is 0 Å². The van der Waals surface area contributed by atoms with Crippen molar-refractivity contribution in [1.82, 2.24) is 0 Å². The molecule has 0 aliphatic heterocycles. The number of nitrogen functional groups attached to an aromatic ring is 1. The number of methoxy groups -OCH3 is 1. The minimum absolute atomic E-state index is 0.0298. The van der Waals surface area contributed by atoms with Gasteiger partial charge in [0.2, 0.25) is 0 Å². The summed E-state index contributed by atoms with van der Waals surface area (Å²) in [6.45, 7) is 0. The fourth-order valence-electron chi connectivity index (χ4n) is 2.24. The van der Waals surface area contributed by atoms with Crippen molar-refractivity contribution >= 4 is 5.69 Å². The Kier molecular flexibility index (Phi) is 3.84. The number of ether oxygens (including phenoxy) is 2. The summed E-state index contributed by atoms with van der Waals surface area (Å²) in [5, 5.41) is 0. The highest BCUT2D eigenvalue weighted by molar-refractivity contribution is 5.52. The van der Waals surface area contributed by atoms with E-state index in [-0.39, 0.29) is 18.0 Å². The van der Waals surface area contributed by atoms with Crippen LogP contribution in [0.2, 0.25) is 0 Å². The van der Waals surface area contributed by atoms with E-state index in [4.69, 9.17) is 15.2 Å². The third kappa shape index (κ3) is 2.88. The Balaban J connectivity index is 2.10. The number of rotatable bonds is 3. The highest BCUT2D eigenvalue weighted by Gasteiger charge is 2.27. The molecule has 4 heteroatoms. The van der Waals surface area contributed by atoms with E-state index < -0.39 is 0 Å². The zero-order chi connectivity index (χ0) is 12.3. The van der Waals surface area contributed by atoms with Crippen molar-refractivity contribution in [2.75, 3.05) is 12.8 Å². The van der Waals surface area contributed by atoms with Crippen LogP contribution in [0, 0.1) is 5.82 Å². The number of nitrogens with two attached hydrogens (primary N) is 1. The van der Waals surface area contributed by atoms with Crippen LogP contribution in [0.4, 0.5) is 10.1 Å². The quantitative estimate of drug-likeness (QED) is 0.825. The largest absolute Gasteiger partial charge is 0.485 e. The summed E-state index contributed by atoms with van der Waals surface area (Å²) >= 11 is 0. The van der Waals surface area contributed by atoms with Crippen LogP contribution < -0.4 is 10.5 Å². The molecule has 1 aliphatic rings. The van der Waals surface area contributed by atoms with Crippen LogP contribution in [0.25, 0.3) is 0 Å². The number of anilines is 1. The first-order chi connectivity index (χ1) is 8.20. The summed E-state index contributed by atoms with van der Waals surface area (Å²) in [6.07, 6.45) is 4.21. The monoisotopic (exact) mass is 239 g/mol. The second kappa shape index (κ2) is 5.36. The Morgan fingerprint density at radius 2 is 1.94 bits per heavy atom. The van der Waals surface area contributed by atoms with Crippen LogP contribution >= 0.6 is 0 Å². The lowest BCUT2D eigenvalue weighted by molar-refractivity contribution is -0.0227. The minimum atomic E-state index is -0.334. The summed E-state index contributed by atoms with van der Waals surface area (Å²) in [6, 6.07) is 4.18. The maximum Gasteiger partial charge on any atom is 0.145 e. The second-order valence-corrected chi connectivity index (χ2v) is 4.40. The van der Waals surface area contributed by atoms with E-state index in [0.717, 1.165) is 25.7 Å². The predicted octanol–water partition coefficient (Wildman–Crippen LogP) is 2.74. The third-order valence-electron chi connectivity index (χ3n) is 3.20. The summed E-state index contributed by atoms with van der Waals surface area (Å²) in [5.41, 5.74) is 6.23. The van der Waals surface area contributed by atoms with E-state index >= 15 is 0 Å². The molecule has 0 heterocycles. The second-order valence-electron chi connectivity index (χ2n) is 4.40. The van der Waals surface area contributed by atoms with Crippen LogP contribution in [-0.4, -0.2) is 19.3 Å². The van der Waals surface area contributed by atoms with Crippen LogP contribution in [0.1, 0.15) is 25.7 Å². The lowest BCUT2D eigenvalue weighted by atomic mass is 9.94. The molecule has 0 aromatic heterocycles. The highest BCUT2D eigenvalue weighted by atomic mass is 19.1. The molecule has 0 radical (unpaired) electrons. The van der Waals surface area contributed by atoms with Crippen LogP contribution in [0.5, 0.6) is 5.75 Å². The molecule has 1 aliphatic carbocycles. The summed E-state index contributed by atoms with van der Waals surface area (Å²) < 4.78 is 24.3. The van der Waals surface area contributed by atoms with E-state index in [1.165, 1.54) is 18.2 Å². The van der Waals surface area contributed by atoms with Gasteiger partial charge in [0.25, 0.3) is 0 Å². The normalized spacial score (nSPS) is 24.6. The van der Waals surface area contributed by atoms with Crippen molar-refractivity contribution < 1.29 is 13.9 Å². The van der Waals surface area contributed by atoms with Crippen molar-refractivity contribution in [3.63, 3.8) is 0 Å². The van der Waals surface area contributed by atoms with Crippen molar-refractivity contribution in [1.29, 1.82) is 0 Å². The maximum absolute atomic E-state index is 13.1. The minimum Gasteiger partial charge on any atom is -0.485 e. The fraction of sp³-hybridized carbons (Fsp3) is 0.538. The molecule has 3 nitrogen and oxygen atoms in total. The lowest BCUT2D eigenvalue weighted by Gasteiger charge is -2.31. The molecule has 1 fully saturated rings. The van der Waals surface area contributed by atoms with E-state index in [1.54, 1.807) is 7.11 Å². The van der Waals surface area contributed by atoms with Crippen molar-refractivity contribution in [2.45, 2.75) is 37.9 Å². The Hall–Kier alpha value is -1.29.